The van der Waals surface area contributed by atoms with Crippen molar-refractivity contribution in [2.24, 2.45) is 0 Å². The van der Waals surface area contributed by atoms with Gasteiger partial charge in [0.15, 0.2) is 0 Å². The lowest BCUT2D eigenvalue weighted by Gasteiger charge is -2.25. The predicted molar refractivity (Wildman–Crippen MR) is 87.9 cm³/mol. The molecule has 3 heteroatoms. The molecule has 1 atom stereocenters. The van der Waals surface area contributed by atoms with Crippen LogP contribution in [-0.4, -0.2) is 16.7 Å². The van der Waals surface area contributed by atoms with Gasteiger partial charge in [0, 0.05) is 13.0 Å². The maximum Gasteiger partial charge on any atom is 0.253 e. The first kappa shape index (κ1) is 15.7. The molecule has 0 aromatic heterocycles. The van der Waals surface area contributed by atoms with Gasteiger partial charge in [-0.3, -0.25) is 14.5 Å². The van der Waals surface area contributed by atoms with Crippen molar-refractivity contribution >= 4 is 17.9 Å². The topological polar surface area (TPSA) is 37.4 Å². The number of rotatable bonds is 4. The summed E-state index contributed by atoms with van der Waals surface area (Å²) in [6.45, 7) is 3.26. The number of carbonyl (C=O) groups is 2. The number of amides is 2. The number of carbonyl (C=O) groups excluding carboxylic acids is 2. The third kappa shape index (κ3) is 3.92. The fourth-order valence-corrected chi connectivity index (χ4v) is 2.31. The van der Waals surface area contributed by atoms with Gasteiger partial charge in [0.25, 0.3) is 5.91 Å². The molecule has 0 radical (unpaired) electrons. The third-order valence-electron chi connectivity index (χ3n) is 3.46. The van der Waals surface area contributed by atoms with Gasteiger partial charge < -0.3 is 0 Å². The van der Waals surface area contributed by atoms with Crippen molar-refractivity contribution in [1.29, 1.82) is 0 Å². The summed E-state index contributed by atoms with van der Waals surface area (Å²) in [5.41, 5.74) is 1.85. The monoisotopic (exact) mass is 293 g/mol. The van der Waals surface area contributed by atoms with Crippen LogP contribution in [0.15, 0.2) is 66.7 Å². The van der Waals surface area contributed by atoms with Gasteiger partial charge in [-0.1, -0.05) is 60.7 Å². The second kappa shape index (κ2) is 7.36. The van der Waals surface area contributed by atoms with E-state index in [0.29, 0.717) is 0 Å². The van der Waals surface area contributed by atoms with Crippen LogP contribution in [-0.2, 0) is 9.59 Å². The molecule has 1 unspecified atom stereocenters. The Bertz CT molecular complexity index is 662. The Morgan fingerprint density at radius 1 is 0.955 bits per heavy atom. The highest BCUT2D eigenvalue weighted by atomic mass is 16.2. The van der Waals surface area contributed by atoms with Gasteiger partial charge in [0.2, 0.25) is 5.91 Å². The summed E-state index contributed by atoms with van der Waals surface area (Å²) in [7, 11) is 0. The molecular weight excluding hydrogens is 274 g/mol. The van der Waals surface area contributed by atoms with Crippen molar-refractivity contribution in [2.75, 3.05) is 0 Å². The molecule has 0 fully saturated rings. The first-order valence-electron chi connectivity index (χ1n) is 7.21. The number of hydrogen-bond acceptors (Lipinski definition) is 2. The Kier molecular flexibility index (Phi) is 5.26. The first-order valence-corrected chi connectivity index (χ1v) is 7.21. The summed E-state index contributed by atoms with van der Waals surface area (Å²) >= 11 is 0. The average molecular weight is 293 g/mol. The second-order valence-corrected chi connectivity index (χ2v) is 5.06. The van der Waals surface area contributed by atoms with Gasteiger partial charge in [-0.25, -0.2) is 0 Å². The van der Waals surface area contributed by atoms with E-state index in [1.165, 1.54) is 17.9 Å². The van der Waals surface area contributed by atoms with Crippen LogP contribution >= 0.6 is 0 Å². The molecule has 2 amide bonds. The van der Waals surface area contributed by atoms with E-state index in [0.717, 1.165) is 11.1 Å². The van der Waals surface area contributed by atoms with Crippen molar-refractivity contribution in [3.63, 3.8) is 0 Å². The van der Waals surface area contributed by atoms with Gasteiger partial charge in [-0.05, 0) is 24.1 Å². The van der Waals surface area contributed by atoms with Crippen LogP contribution in [0.5, 0.6) is 0 Å². The number of imide groups is 1. The average Bonchev–Trinajstić information content (AvgIpc) is 2.54. The lowest BCUT2D eigenvalue weighted by atomic mass is 10.1. The minimum Gasteiger partial charge on any atom is -0.275 e. The molecule has 2 rings (SSSR count). The van der Waals surface area contributed by atoms with Crippen LogP contribution in [0.25, 0.3) is 6.08 Å². The van der Waals surface area contributed by atoms with Gasteiger partial charge in [-0.15, -0.1) is 0 Å². The Hall–Kier alpha value is -2.68. The maximum absolute atomic E-state index is 12.4. The molecule has 0 bridgehead atoms. The van der Waals surface area contributed by atoms with Crippen molar-refractivity contribution in [1.82, 2.24) is 4.90 Å². The maximum atomic E-state index is 12.4. The lowest BCUT2D eigenvalue weighted by Crippen LogP contribution is -2.36. The highest BCUT2D eigenvalue weighted by Gasteiger charge is 2.23. The van der Waals surface area contributed by atoms with Crippen LogP contribution in [0, 0.1) is 0 Å². The molecule has 0 heterocycles. The zero-order valence-corrected chi connectivity index (χ0v) is 12.8. The SMILES string of the molecule is CC(=O)N(C(=O)/C=C/c1ccccc1)C(C)c1ccccc1. The van der Waals surface area contributed by atoms with E-state index in [1.807, 2.05) is 67.6 Å². The van der Waals surface area contributed by atoms with Crippen molar-refractivity contribution in [3.05, 3.63) is 77.9 Å². The molecule has 22 heavy (non-hydrogen) atoms. The normalized spacial score (nSPS) is 12.1. The van der Waals surface area contributed by atoms with E-state index in [4.69, 9.17) is 0 Å². The highest BCUT2D eigenvalue weighted by molar-refractivity contribution is 6.02. The largest absolute Gasteiger partial charge is 0.275 e. The van der Waals surface area contributed by atoms with E-state index >= 15 is 0 Å². The summed E-state index contributed by atoms with van der Waals surface area (Å²) in [4.78, 5) is 25.5. The minimum atomic E-state index is -0.312. The molecule has 3 nitrogen and oxygen atoms in total. The molecule has 0 aliphatic carbocycles. The minimum absolute atomic E-state index is 0.265. The highest BCUT2D eigenvalue weighted by Crippen LogP contribution is 2.20. The summed E-state index contributed by atoms with van der Waals surface area (Å²) in [5, 5.41) is 0. The van der Waals surface area contributed by atoms with E-state index in [1.54, 1.807) is 6.08 Å². The number of nitrogens with zero attached hydrogens (tertiary/aromatic N) is 1. The number of benzene rings is 2. The summed E-state index contributed by atoms with van der Waals surface area (Å²) in [5.74, 6) is -0.577. The molecule has 0 saturated heterocycles. The van der Waals surface area contributed by atoms with Crippen molar-refractivity contribution < 1.29 is 9.59 Å². The predicted octanol–water partition coefficient (Wildman–Crippen LogP) is 3.84. The van der Waals surface area contributed by atoms with Crippen molar-refractivity contribution in [2.45, 2.75) is 19.9 Å². The van der Waals surface area contributed by atoms with Gasteiger partial charge in [0.05, 0.1) is 6.04 Å². The zero-order valence-electron chi connectivity index (χ0n) is 12.8. The Labute approximate surface area is 130 Å². The Balaban J connectivity index is 2.19. The molecule has 0 saturated carbocycles. The van der Waals surface area contributed by atoms with E-state index in [9.17, 15) is 9.59 Å². The first-order chi connectivity index (χ1) is 10.6. The Morgan fingerprint density at radius 2 is 1.50 bits per heavy atom. The van der Waals surface area contributed by atoms with Gasteiger partial charge in [0.1, 0.15) is 0 Å². The fourth-order valence-electron chi connectivity index (χ4n) is 2.31. The van der Waals surface area contributed by atoms with E-state index < -0.39 is 0 Å². The van der Waals surface area contributed by atoms with Crippen LogP contribution in [0.4, 0.5) is 0 Å². The van der Waals surface area contributed by atoms with Crippen molar-refractivity contribution in [3.8, 4) is 0 Å². The third-order valence-corrected chi connectivity index (χ3v) is 3.46. The van der Waals surface area contributed by atoms with E-state index in [-0.39, 0.29) is 17.9 Å². The van der Waals surface area contributed by atoms with Gasteiger partial charge in [-0.2, -0.15) is 0 Å². The molecule has 2 aromatic carbocycles. The van der Waals surface area contributed by atoms with Gasteiger partial charge >= 0.3 is 0 Å². The Morgan fingerprint density at radius 3 is 2.05 bits per heavy atom. The molecule has 0 N–H and O–H groups in total. The summed E-state index contributed by atoms with van der Waals surface area (Å²) in [6, 6.07) is 18.8. The van der Waals surface area contributed by atoms with Crippen LogP contribution in [0.1, 0.15) is 31.0 Å². The molecule has 0 aliphatic heterocycles. The molecule has 0 aliphatic rings. The van der Waals surface area contributed by atoms with Crippen LogP contribution in [0.2, 0.25) is 0 Å². The fraction of sp³-hybridized carbons (Fsp3) is 0.158. The van der Waals surface area contributed by atoms with Crippen LogP contribution < -0.4 is 0 Å². The van der Waals surface area contributed by atoms with E-state index in [2.05, 4.69) is 0 Å². The standard InChI is InChI=1S/C19H19NO2/c1-15(18-11-7-4-8-12-18)20(16(2)21)19(22)14-13-17-9-5-3-6-10-17/h3-15H,1-2H3/b14-13+. The summed E-state index contributed by atoms with van der Waals surface area (Å²) < 4.78 is 0. The molecule has 2 aromatic rings. The number of hydrogen-bond donors (Lipinski definition) is 0. The zero-order chi connectivity index (χ0) is 15.9. The lowest BCUT2D eigenvalue weighted by molar-refractivity contribution is -0.142. The molecule has 112 valence electrons. The second-order valence-electron chi connectivity index (χ2n) is 5.06. The summed E-state index contributed by atoms with van der Waals surface area (Å²) in [6.07, 6.45) is 3.16. The molecular formula is C19H19NO2. The smallest absolute Gasteiger partial charge is 0.253 e. The molecule has 0 spiro atoms. The van der Waals surface area contributed by atoms with Crippen LogP contribution in [0.3, 0.4) is 0 Å². The quantitative estimate of drug-likeness (QED) is 0.803.